The zero-order valence-electron chi connectivity index (χ0n) is 12.3. The maximum absolute atomic E-state index is 12.2. The third kappa shape index (κ3) is 4.24. The van der Waals surface area contributed by atoms with E-state index < -0.39 is 5.41 Å². The summed E-state index contributed by atoms with van der Waals surface area (Å²) in [6.45, 7) is 4.78. The van der Waals surface area contributed by atoms with Crippen molar-refractivity contribution < 1.29 is 9.53 Å². The van der Waals surface area contributed by atoms with Crippen molar-refractivity contribution in [1.82, 2.24) is 4.90 Å². The fraction of sp³-hybridized carbons (Fsp3) is 0.533. The lowest BCUT2D eigenvalue weighted by atomic mass is 9.92. The first-order chi connectivity index (χ1) is 8.90. The highest BCUT2D eigenvalue weighted by Gasteiger charge is 2.28. The molecule has 0 saturated carbocycles. The van der Waals surface area contributed by atoms with E-state index in [4.69, 9.17) is 10.5 Å². The van der Waals surface area contributed by atoms with Gasteiger partial charge in [0, 0.05) is 20.1 Å². The molecule has 0 radical (unpaired) electrons. The summed E-state index contributed by atoms with van der Waals surface area (Å²) in [6, 6.07) is 7.90. The van der Waals surface area contributed by atoms with Gasteiger partial charge in [-0.05, 0) is 38.0 Å². The van der Waals surface area contributed by atoms with Crippen LogP contribution in [-0.4, -0.2) is 38.1 Å². The standard InChI is InChI=1S/C15H24N2O2/c1-15(2,11-16)14(18)17(3)9-8-12-6-5-7-13(10-12)19-4/h5-7,10H,8-9,11,16H2,1-4H3. The summed E-state index contributed by atoms with van der Waals surface area (Å²) in [5, 5.41) is 0. The zero-order chi connectivity index (χ0) is 14.5. The van der Waals surface area contributed by atoms with E-state index in [1.54, 1.807) is 12.0 Å². The van der Waals surface area contributed by atoms with Crippen molar-refractivity contribution in [2.75, 3.05) is 27.2 Å². The Hall–Kier alpha value is -1.55. The minimum absolute atomic E-state index is 0.0814. The number of likely N-dealkylation sites (N-methyl/N-ethyl adjacent to an activating group) is 1. The third-order valence-corrected chi connectivity index (χ3v) is 3.31. The van der Waals surface area contributed by atoms with E-state index in [1.807, 2.05) is 45.2 Å². The fourth-order valence-corrected chi connectivity index (χ4v) is 1.83. The number of carbonyl (C=O) groups is 1. The predicted octanol–water partition coefficient (Wildman–Crippen LogP) is 1.68. The predicted molar refractivity (Wildman–Crippen MR) is 77.2 cm³/mol. The van der Waals surface area contributed by atoms with Crippen LogP contribution < -0.4 is 10.5 Å². The Morgan fingerprint density at radius 1 is 1.42 bits per heavy atom. The second kappa shape index (κ2) is 6.57. The number of amides is 1. The largest absolute Gasteiger partial charge is 0.497 e. The SMILES string of the molecule is COc1cccc(CCN(C)C(=O)C(C)(C)CN)c1. The number of nitrogens with two attached hydrogens (primary N) is 1. The van der Waals surface area contributed by atoms with Crippen LogP contribution in [0.4, 0.5) is 0 Å². The second-order valence-electron chi connectivity index (χ2n) is 5.42. The van der Waals surface area contributed by atoms with Gasteiger partial charge in [0.15, 0.2) is 0 Å². The Morgan fingerprint density at radius 2 is 2.11 bits per heavy atom. The molecule has 0 bridgehead atoms. The highest BCUT2D eigenvalue weighted by atomic mass is 16.5. The number of hydrogen-bond donors (Lipinski definition) is 1. The van der Waals surface area contributed by atoms with Gasteiger partial charge in [0.1, 0.15) is 5.75 Å². The molecule has 19 heavy (non-hydrogen) atoms. The molecule has 0 aliphatic carbocycles. The van der Waals surface area contributed by atoms with E-state index in [1.165, 1.54) is 0 Å². The number of ether oxygens (including phenoxy) is 1. The van der Waals surface area contributed by atoms with Crippen LogP contribution in [0.3, 0.4) is 0 Å². The van der Waals surface area contributed by atoms with Gasteiger partial charge in [-0.25, -0.2) is 0 Å². The lowest BCUT2D eigenvalue weighted by Crippen LogP contribution is -2.43. The van der Waals surface area contributed by atoms with Crippen LogP contribution in [0.25, 0.3) is 0 Å². The second-order valence-corrected chi connectivity index (χ2v) is 5.42. The van der Waals surface area contributed by atoms with E-state index in [0.717, 1.165) is 17.7 Å². The lowest BCUT2D eigenvalue weighted by Gasteiger charge is -2.28. The number of methoxy groups -OCH3 is 1. The molecule has 0 aliphatic rings. The van der Waals surface area contributed by atoms with Crippen molar-refractivity contribution in [3.8, 4) is 5.75 Å². The Balaban J connectivity index is 2.58. The minimum Gasteiger partial charge on any atom is -0.497 e. The van der Waals surface area contributed by atoms with Crippen molar-refractivity contribution in [1.29, 1.82) is 0 Å². The number of nitrogens with zero attached hydrogens (tertiary/aromatic N) is 1. The number of benzene rings is 1. The maximum Gasteiger partial charge on any atom is 0.229 e. The molecule has 0 spiro atoms. The molecule has 0 aliphatic heterocycles. The van der Waals surface area contributed by atoms with Crippen LogP contribution in [0.15, 0.2) is 24.3 Å². The molecule has 0 aromatic heterocycles. The monoisotopic (exact) mass is 264 g/mol. The average Bonchev–Trinajstić information content (AvgIpc) is 2.44. The molecule has 2 N–H and O–H groups in total. The number of rotatable bonds is 6. The van der Waals surface area contributed by atoms with Crippen LogP contribution in [0.5, 0.6) is 5.75 Å². The summed E-state index contributed by atoms with van der Waals surface area (Å²) in [7, 11) is 3.47. The van der Waals surface area contributed by atoms with Crippen molar-refractivity contribution in [2.45, 2.75) is 20.3 Å². The van der Waals surface area contributed by atoms with E-state index in [-0.39, 0.29) is 5.91 Å². The maximum atomic E-state index is 12.2. The van der Waals surface area contributed by atoms with Crippen molar-refractivity contribution in [3.05, 3.63) is 29.8 Å². The van der Waals surface area contributed by atoms with Gasteiger partial charge in [-0.3, -0.25) is 4.79 Å². The Bertz CT molecular complexity index is 430. The summed E-state index contributed by atoms with van der Waals surface area (Å²) >= 11 is 0. The summed E-state index contributed by atoms with van der Waals surface area (Å²) in [5.74, 6) is 0.923. The first-order valence-corrected chi connectivity index (χ1v) is 6.49. The molecule has 1 rings (SSSR count). The van der Waals surface area contributed by atoms with E-state index in [0.29, 0.717) is 13.1 Å². The minimum atomic E-state index is -0.497. The lowest BCUT2D eigenvalue weighted by molar-refractivity contribution is -0.138. The Labute approximate surface area is 115 Å². The Kier molecular flexibility index (Phi) is 5.36. The van der Waals surface area contributed by atoms with Gasteiger partial charge in [0.05, 0.1) is 12.5 Å². The van der Waals surface area contributed by atoms with Crippen LogP contribution in [0.1, 0.15) is 19.4 Å². The number of carbonyl (C=O) groups excluding carboxylic acids is 1. The van der Waals surface area contributed by atoms with Gasteiger partial charge in [0.25, 0.3) is 0 Å². The molecule has 0 atom stereocenters. The van der Waals surface area contributed by atoms with Gasteiger partial charge in [-0.15, -0.1) is 0 Å². The molecule has 0 fully saturated rings. The molecule has 4 heteroatoms. The summed E-state index contributed by atoms with van der Waals surface area (Å²) < 4.78 is 5.18. The zero-order valence-corrected chi connectivity index (χ0v) is 12.3. The van der Waals surface area contributed by atoms with Crippen LogP contribution in [0, 0.1) is 5.41 Å². The van der Waals surface area contributed by atoms with Gasteiger partial charge in [-0.1, -0.05) is 12.1 Å². The highest BCUT2D eigenvalue weighted by molar-refractivity contribution is 5.81. The molecule has 1 aromatic carbocycles. The van der Waals surface area contributed by atoms with E-state index in [9.17, 15) is 4.79 Å². The third-order valence-electron chi connectivity index (χ3n) is 3.31. The first-order valence-electron chi connectivity index (χ1n) is 6.49. The highest BCUT2D eigenvalue weighted by Crippen LogP contribution is 2.17. The summed E-state index contributed by atoms with van der Waals surface area (Å²) in [5.41, 5.74) is 6.29. The molecule has 1 aromatic rings. The topological polar surface area (TPSA) is 55.6 Å². The molecule has 106 valence electrons. The normalized spacial score (nSPS) is 11.2. The first kappa shape index (κ1) is 15.5. The van der Waals surface area contributed by atoms with Crippen LogP contribution >= 0.6 is 0 Å². The summed E-state index contributed by atoms with van der Waals surface area (Å²) in [4.78, 5) is 13.9. The molecular weight excluding hydrogens is 240 g/mol. The average molecular weight is 264 g/mol. The molecule has 1 amide bonds. The van der Waals surface area contributed by atoms with Gasteiger partial charge in [-0.2, -0.15) is 0 Å². The fourth-order valence-electron chi connectivity index (χ4n) is 1.83. The van der Waals surface area contributed by atoms with E-state index in [2.05, 4.69) is 0 Å². The van der Waals surface area contributed by atoms with Crippen molar-refractivity contribution in [3.63, 3.8) is 0 Å². The number of hydrogen-bond acceptors (Lipinski definition) is 3. The Morgan fingerprint density at radius 3 is 2.68 bits per heavy atom. The van der Waals surface area contributed by atoms with Gasteiger partial charge >= 0.3 is 0 Å². The van der Waals surface area contributed by atoms with Crippen molar-refractivity contribution >= 4 is 5.91 Å². The van der Waals surface area contributed by atoms with Gasteiger partial charge < -0.3 is 15.4 Å². The van der Waals surface area contributed by atoms with Crippen molar-refractivity contribution in [2.24, 2.45) is 11.1 Å². The molecule has 0 saturated heterocycles. The molecule has 0 heterocycles. The molecule has 4 nitrogen and oxygen atoms in total. The quantitative estimate of drug-likeness (QED) is 0.850. The molecular formula is C15H24N2O2. The van der Waals surface area contributed by atoms with Crippen LogP contribution in [-0.2, 0) is 11.2 Å². The smallest absolute Gasteiger partial charge is 0.229 e. The summed E-state index contributed by atoms with van der Waals surface area (Å²) in [6.07, 6.45) is 0.806. The van der Waals surface area contributed by atoms with E-state index >= 15 is 0 Å². The van der Waals surface area contributed by atoms with Crippen LogP contribution in [0.2, 0.25) is 0 Å². The van der Waals surface area contributed by atoms with Gasteiger partial charge in [0.2, 0.25) is 5.91 Å². The molecule has 0 unspecified atom stereocenters.